The van der Waals surface area contributed by atoms with Crippen LogP contribution >= 0.6 is 0 Å². The van der Waals surface area contributed by atoms with E-state index in [0.29, 0.717) is 17.6 Å². The molecule has 1 aromatic carbocycles. The second-order valence-corrected chi connectivity index (χ2v) is 3.69. The minimum atomic E-state index is -1.55. The first-order valence-electron chi connectivity index (χ1n) is 5.45. The van der Waals surface area contributed by atoms with Gasteiger partial charge >= 0.3 is 7.12 Å². The molecule has 0 aliphatic rings. The van der Waals surface area contributed by atoms with Crippen LogP contribution in [0.2, 0.25) is 0 Å². The Morgan fingerprint density at radius 1 is 1.25 bits per heavy atom. The maximum absolute atomic E-state index is 13.5. The molecule has 88 valence electrons. The van der Waals surface area contributed by atoms with E-state index in [0.717, 1.165) is 13.1 Å². The Labute approximate surface area is 95.7 Å². The highest BCUT2D eigenvalue weighted by Gasteiger charge is 2.14. The third kappa shape index (κ3) is 3.30. The van der Waals surface area contributed by atoms with Crippen molar-refractivity contribution in [3.8, 4) is 0 Å². The number of halogens is 1. The lowest BCUT2D eigenvalue weighted by Crippen LogP contribution is -2.31. The van der Waals surface area contributed by atoms with Gasteiger partial charge < -0.3 is 10.0 Å². The van der Waals surface area contributed by atoms with Gasteiger partial charge in [-0.05, 0) is 24.6 Å². The predicted octanol–water partition coefficient (Wildman–Crippen LogP) is 0.347. The van der Waals surface area contributed by atoms with Gasteiger partial charge in [-0.2, -0.15) is 0 Å². The summed E-state index contributed by atoms with van der Waals surface area (Å²) in [7, 11) is -1.55. The van der Waals surface area contributed by atoms with Crippen LogP contribution in [0.15, 0.2) is 18.2 Å². The van der Waals surface area contributed by atoms with Crippen LogP contribution in [-0.2, 0) is 6.54 Å². The number of hydrogen-bond acceptors (Lipinski definition) is 3. The largest absolute Gasteiger partial charge is 0.488 e. The van der Waals surface area contributed by atoms with Crippen molar-refractivity contribution >= 4 is 12.6 Å². The molecule has 0 spiro atoms. The van der Waals surface area contributed by atoms with Crippen molar-refractivity contribution in [2.75, 3.05) is 13.1 Å². The van der Waals surface area contributed by atoms with Crippen molar-refractivity contribution in [2.24, 2.45) is 0 Å². The second-order valence-electron chi connectivity index (χ2n) is 3.69. The molecule has 0 aromatic heterocycles. The zero-order valence-corrected chi connectivity index (χ0v) is 9.65. The van der Waals surface area contributed by atoms with Crippen molar-refractivity contribution in [1.82, 2.24) is 4.90 Å². The average Bonchev–Trinajstić information content (AvgIpc) is 2.27. The van der Waals surface area contributed by atoms with Crippen molar-refractivity contribution in [3.05, 3.63) is 29.6 Å². The number of benzene rings is 1. The lowest BCUT2D eigenvalue weighted by atomic mass is 9.79. The summed E-state index contributed by atoms with van der Waals surface area (Å²) in [5.41, 5.74) is 0.817. The monoisotopic (exact) mass is 225 g/mol. The molecular formula is C11H17BFNO2. The molecule has 1 rings (SSSR count). The van der Waals surface area contributed by atoms with Gasteiger partial charge in [0.25, 0.3) is 0 Å². The van der Waals surface area contributed by atoms with Crippen LogP contribution in [0.1, 0.15) is 19.4 Å². The molecule has 0 fully saturated rings. The van der Waals surface area contributed by atoms with Gasteiger partial charge in [0.1, 0.15) is 5.82 Å². The summed E-state index contributed by atoms with van der Waals surface area (Å²) in [6.45, 7) is 6.17. The first-order valence-corrected chi connectivity index (χ1v) is 5.45. The van der Waals surface area contributed by atoms with Crippen molar-refractivity contribution in [3.63, 3.8) is 0 Å². The predicted molar refractivity (Wildman–Crippen MR) is 62.9 cm³/mol. The second kappa shape index (κ2) is 5.99. The Kier molecular flexibility index (Phi) is 4.92. The molecule has 16 heavy (non-hydrogen) atoms. The van der Waals surface area contributed by atoms with E-state index in [1.165, 1.54) is 18.2 Å². The first kappa shape index (κ1) is 13.2. The Morgan fingerprint density at radius 2 is 1.88 bits per heavy atom. The maximum Gasteiger partial charge on any atom is 0.488 e. The molecule has 0 bridgehead atoms. The molecule has 2 N–H and O–H groups in total. The number of nitrogens with zero attached hydrogens (tertiary/aromatic N) is 1. The van der Waals surface area contributed by atoms with Gasteiger partial charge in [0.2, 0.25) is 0 Å². The minimum absolute atomic E-state index is 0.309. The van der Waals surface area contributed by atoms with Gasteiger partial charge in [-0.15, -0.1) is 0 Å². The molecule has 0 heterocycles. The molecule has 3 nitrogen and oxygen atoms in total. The van der Waals surface area contributed by atoms with Crippen molar-refractivity contribution < 1.29 is 14.4 Å². The number of rotatable bonds is 5. The van der Waals surface area contributed by atoms with Crippen LogP contribution in [0.3, 0.4) is 0 Å². The van der Waals surface area contributed by atoms with Gasteiger partial charge in [0, 0.05) is 12.1 Å². The Hall–Kier alpha value is -0.905. The van der Waals surface area contributed by atoms with Crippen molar-refractivity contribution in [2.45, 2.75) is 20.4 Å². The van der Waals surface area contributed by atoms with Gasteiger partial charge in [0.15, 0.2) is 0 Å². The van der Waals surface area contributed by atoms with E-state index in [9.17, 15) is 4.39 Å². The van der Waals surface area contributed by atoms with Crippen molar-refractivity contribution in [1.29, 1.82) is 0 Å². The fourth-order valence-electron chi connectivity index (χ4n) is 1.56. The van der Waals surface area contributed by atoms with Crippen LogP contribution in [0, 0.1) is 5.82 Å². The smallest absolute Gasteiger partial charge is 0.423 e. The highest BCUT2D eigenvalue weighted by atomic mass is 19.1. The Morgan fingerprint density at radius 3 is 2.38 bits per heavy atom. The summed E-state index contributed by atoms with van der Waals surface area (Å²) in [5, 5.41) is 18.0. The van der Waals surface area contributed by atoms with E-state index >= 15 is 0 Å². The number of hydrogen-bond donors (Lipinski definition) is 2. The van der Waals surface area contributed by atoms with Crippen LogP contribution in [-0.4, -0.2) is 35.2 Å². The quantitative estimate of drug-likeness (QED) is 0.710. The fourth-order valence-corrected chi connectivity index (χ4v) is 1.56. The minimum Gasteiger partial charge on any atom is -0.423 e. The molecule has 0 amide bonds. The molecule has 0 aliphatic heterocycles. The summed E-state index contributed by atoms with van der Waals surface area (Å²) >= 11 is 0. The summed E-state index contributed by atoms with van der Waals surface area (Å²) in [6.07, 6.45) is 0. The standard InChI is InChI=1S/C11H17BFNO2/c1-3-14(4-2)8-9-7-10(12(15)16)5-6-11(9)13/h5-7,15-16H,3-4,8H2,1-2H3. The summed E-state index contributed by atoms with van der Waals surface area (Å²) in [6, 6.07) is 4.15. The zero-order valence-electron chi connectivity index (χ0n) is 9.65. The van der Waals surface area contributed by atoms with E-state index in [2.05, 4.69) is 4.90 Å². The van der Waals surface area contributed by atoms with E-state index in [4.69, 9.17) is 10.0 Å². The molecular weight excluding hydrogens is 208 g/mol. The van der Waals surface area contributed by atoms with E-state index in [-0.39, 0.29) is 5.82 Å². The molecule has 0 aliphatic carbocycles. The van der Waals surface area contributed by atoms with E-state index in [1.54, 1.807) is 0 Å². The Balaban J connectivity index is 2.89. The van der Waals surface area contributed by atoms with Crippen LogP contribution < -0.4 is 5.46 Å². The van der Waals surface area contributed by atoms with Crippen LogP contribution in [0.4, 0.5) is 4.39 Å². The lowest BCUT2D eigenvalue weighted by molar-refractivity contribution is 0.291. The zero-order chi connectivity index (χ0) is 12.1. The summed E-state index contributed by atoms with van der Waals surface area (Å²) in [5.74, 6) is -0.309. The molecule has 1 aromatic rings. The first-order chi connectivity index (χ1) is 7.58. The van der Waals surface area contributed by atoms with Gasteiger partial charge in [-0.3, -0.25) is 4.90 Å². The molecule has 0 saturated carbocycles. The third-order valence-electron chi connectivity index (χ3n) is 2.66. The summed E-state index contributed by atoms with van der Waals surface area (Å²) in [4.78, 5) is 2.06. The molecule has 0 radical (unpaired) electrons. The van der Waals surface area contributed by atoms with Gasteiger partial charge in [0.05, 0.1) is 0 Å². The lowest BCUT2D eigenvalue weighted by Gasteiger charge is -2.18. The SMILES string of the molecule is CCN(CC)Cc1cc(B(O)O)ccc1F. The van der Waals surface area contributed by atoms with E-state index < -0.39 is 7.12 Å². The summed E-state index contributed by atoms with van der Waals surface area (Å²) < 4.78 is 13.5. The molecule has 5 heteroatoms. The third-order valence-corrected chi connectivity index (χ3v) is 2.66. The maximum atomic E-state index is 13.5. The average molecular weight is 225 g/mol. The van der Waals surface area contributed by atoms with E-state index in [1.807, 2.05) is 13.8 Å². The topological polar surface area (TPSA) is 43.7 Å². The van der Waals surface area contributed by atoms with Crippen LogP contribution in [0.5, 0.6) is 0 Å². The van der Waals surface area contributed by atoms with Gasteiger partial charge in [-0.1, -0.05) is 26.0 Å². The highest BCUT2D eigenvalue weighted by Crippen LogP contribution is 2.08. The molecule has 0 atom stereocenters. The van der Waals surface area contributed by atoms with Gasteiger partial charge in [-0.25, -0.2) is 4.39 Å². The highest BCUT2D eigenvalue weighted by molar-refractivity contribution is 6.58. The molecule has 0 unspecified atom stereocenters. The molecule has 0 saturated heterocycles. The fraction of sp³-hybridized carbons (Fsp3) is 0.455. The normalized spacial score (nSPS) is 10.9. The van der Waals surface area contributed by atoms with Crippen LogP contribution in [0.25, 0.3) is 0 Å². The Bertz CT molecular complexity index is 343.